The molecular weight excluding hydrogens is 228 g/mol. The maximum atomic E-state index is 11.6. The second-order valence-corrected chi connectivity index (χ2v) is 3.58. The number of aliphatic hydroxyl groups is 1. The van der Waals surface area contributed by atoms with Crippen LogP contribution in [0.2, 0.25) is 0 Å². The Balaban J connectivity index is 0.000000165. The Morgan fingerprint density at radius 2 is 1.69 bits per heavy atom. The van der Waals surface area contributed by atoms with Gasteiger partial charge in [0.1, 0.15) is 0 Å². The van der Waals surface area contributed by atoms with Crippen molar-refractivity contribution >= 4 is 11.8 Å². The van der Waals surface area contributed by atoms with Crippen LogP contribution >= 0.6 is 0 Å². The van der Waals surface area contributed by atoms with Crippen LogP contribution in [0.3, 0.4) is 0 Å². The highest BCUT2D eigenvalue weighted by molar-refractivity contribution is 6.00. The summed E-state index contributed by atoms with van der Waals surface area (Å²) in [6.45, 7) is 0. The minimum atomic E-state index is -2.56. The van der Waals surface area contributed by atoms with E-state index in [0.29, 0.717) is 5.06 Å². The van der Waals surface area contributed by atoms with Crippen molar-refractivity contribution in [1.82, 2.24) is 5.06 Å². The number of aliphatic hydroxyl groups excluding tert-OH is 1. The van der Waals surface area contributed by atoms with Gasteiger partial charge in [-0.1, -0.05) is 0 Å². The molecule has 8 heteroatoms. The Bertz CT molecular complexity index is 272. The monoisotopic (exact) mass is 239 g/mol. The van der Waals surface area contributed by atoms with E-state index < -0.39 is 23.8 Å². The molecule has 2 rings (SSSR count). The summed E-state index contributed by atoms with van der Waals surface area (Å²) >= 11 is 0. The lowest BCUT2D eigenvalue weighted by molar-refractivity contribution is -0.360. The van der Waals surface area contributed by atoms with E-state index in [1.54, 1.807) is 0 Å². The first kappa shape index (κ1) is 12.9. The standard InChI is InChI=1S/C4H6F2O.C4H5NO4/c5-4(6)1-3(7)2-4;6-3-1-2-4(7)5(3)9-8/h3,7H,1-2H2;8H,1-2H2. The van der Waals surface area contributed by atoms with Crippen LogP contribution in [0.4, 0.5) is 8.78 Å². The fourth-order valence-corrected chi connectivity index (χ4v) is 1.28. The van der Waals surface area contributed by atoms with E-state index in [9.17, 15) is 18.4 Å². The number of carbonyl (C=O) groups excluding carboxylic acids is 2. The first-order valence-corrected chi connectivity index (χ1v) is 4.59. The first-order chi connectivity index (χ1) is 7.35. The predicted octanol–water partition coefficient (Wildman–Crippen LogP) is 0.316. The van der Waals surface area contributed by atoms with Crippen molar-refractivity contribution in [2.45, 2.75) is 37.7 Å². The third-order valence-corrected chi connectivity index (χ3v) is 2.16. The van der Waals surface area contributed by atoms with E-state index in [4.69, 9.17) is 10.4 Å². The van der Waals surface area contributed by atoms with Gasteiger partial charge in [-0.3, -0.25) is 9.59 Å². The van der Waals surface area contributed by atoms with Crippen LogP contribution < -0.4 is 0 Å². The smallest absolute Gasteiger partial charge is 0.256 e. The van der Waals surface area contributed by atoms with Crippen molar-refractivity contribution in [3.8, 4) is 0 Å². The third kappa shape index (κ3) is 3.19. The summed E-state index contributed by atoms with van der Waals surface area (Å²) < 4.78 is 23.3. The number of carbonyl (C=O) groups is 2. The van der Waals surface area contributed by atoms with Gasteiger partial charge in [-0.15, -0.1) is 10.1 Å². The van der Waals surface area contributed by atoms with Gasteiger partial charge in [-0.2, -0.15) is 0 Å². The highest BCUT2D eigenvalue weighted by Crippen LogP contribution is 2.36. The highest BCUT2D eigenvalue weighted by Gasteiger charge is 2.44. The molecule has 16 heavy (non-hydrogen) atoms. The average molecular weight is 239 g/mol. The third-order valence-electron chi connectivity index (χ3n) is 2.16. The molecule has 0 aromatic carbocycles. The van der Waals surface area contributed by atoms with E-state index in [0.717, 1.165) is 0 Å². The van der Waals surface area contributed by atoms with Crippen LogP contribution in [-0.4, -0.2) is 39.3 Å². The molecule has 2 N–H and O–H groups in total. The van der Waals surface area contributed by atoms with Gasteiger partial charge < -0.3 is 5.11 Å². The summed E-state index contributed by atoms with van der Waals surface area (Å²) in [6.07, 6.45) is -1.17. The molecule has 1 aliphatic heterocycles. The molecule has 0 aromatic rings. The lowest BCUT2D eigenvalue weighted by Gasteiger charge is -2.30. The van der Waals surface area contributed by atoms with E-state index in [1.807, 2.05) is 0 Å². The number of hydrogen-bond acceptors (Lipinski definition) is 5. The molecule has 0 radical (unpaired) electrons. The summed E-state index contributed by atoms with van der Waals surface area (Å²) in [5.74, 6) is -3.55. The fourth-order valence-electron chi connectivity index (χ4n) is 1.28. The van der Waals surface area contributed by atoms with Crippen molar-refractivity contribution in [2.75, 3.05) is 0 Å². The van der Waals surface area contributed by atoms with Gasteiger partial charge in [0, 0.05) is 25.7 Å². The molecule has 0 unspecified atom stereocenters. The zero-order chi connectivity index (χ0) is 12.3. The molecule has 1 saturated carbocycles. The van der Waals surface area contributed by atoms with Crippen molar-refractivity contribution in [3.05, 3.63) is 0 Å². The van der Waals surface area contributed by atoms with Gasteiger partial charge in [0.15, 0.2) is 0 Å². The zero-order valence-corrected chi connectivity index (χ0v) is 8.23. The summed E-state index contributed by atoms with van der Waals surface area (Å²) in [4.78, 5) is 24.3. The number of halogens is 2. The Labute approximate surface area is 89.3 Å². The second kappa shape index (κ2) is 4.81. The quantitative estimate of drug-likeness (QED) is 0.391. The van der Waals surface area contributed by atoms with E-state index in [2.05, 4.69) is 4.99 Å². The molecule has 2 fully saturated rings. The van der Waals surface area contributed by atoms with Crippen LogP contribution in [0, 0.1) is 0 Å². The molecule has 92 valence electrons. The second-order valence-electron chi connectivity index (χ2n) is 3.58. The van der Waals surface area contributed by atoms with Crippen LogP contribution in [-0.2, 0) is 14.6 Å². The highest BCUT2D eigenvalue weighted by atomic mass is 19.3. The lowest BCUT2D eigenvalue weighted by atomic mass is 9.91. The molecule has 2 aliphatic rings. The minimum absolute atomic E-state index is 0.124. The van der Waals surface area contributed by atoms with Crippen molar-refractivity contribution < 1.29 is 33.7 Å². The number of imide groups is 1. The van der Waals surface area contributed by atoms with Crippen LogP contribution in [0.15, 0.2) is 0 Å². The average Bonchev–Trinajstić information content (AvgIpc) is 2.44. The van der Waals surface area contributed by atoms with Crippen LogP contribution in [0.1, 0.15) is 25.7 Å². The molecule has 0 bridgehead atoms. The Kier molecular flexibility index (Phi) is 3.89. The number of alkyl halides is 2. The number of amides is 2. The lowest BCUT2D eigenvalue weighted by Crippen LogP contribution is -2.39. The maximum absolute atomic E-state index is 11.6. The number of hydroxylamine groups is 2. The van der Waals surface area contributed by atoms with Crippen LogP contribution in [0.25, 0.3) is 0 Å². The van der Waals surface area contributed by atoms with Crippen molar-refractivity contribution in [3.63, 3.8) is 0 Å². The fraction of sp³-hybridized carbons (Fsp3) is 0.750. The van der Waals surface area contributed by atoms with Gasteiger partial charge in [0.25, 0.3) is 17.7 Å². The van der Waals surface area contributed by atoms with Gasteiger partial charge in [0.05, 0.1) is 6.10 Å². The SMILES string of the molecule is O=C1CCC(=O)N1OO.OC1CC(F)(F)C1. The Morgan fingerprint density at radius 3 is 1.81 bits per heavy atom. The van der Waals surface area contributed by atoms with E-state index in [-0.39, 0.29) is 25.7 Å². The normalized spacial score (nSPS) is 23.9. The molecule has 0 aromatic heterocycles. The van der Waals surface area contributed by atoms with Gasteiger partial charge in [-0.05, 0) is 0 Å². The van der Waals surface area contributed by atoms with Gasteiger partial charge in [0.2, 0.25) is 0 Å². The van der Waals surface area contributed by atoms with E-state index in [1.165, 1.54) is 0 Å². The summed E-state index contributed by atoms with van der Waals surface area (Å²) in [5, 5.41) is 16.5. The van der Waals surface area contributed by atoms with Gasteiger partial charge in [-0.25, -0.2) is 14.0 Å². The van der Waals surface area contributed by atoms with Crippen molar-refractivity contribution in [2.24, 2.45) is 0 Å². The zero-order valence-electron chi connectivity index (χ0n) is 8.23. The van der Waals surface area contributed by atoms with Crippen molar-refractivity contribution in [1.29, 1.82) is 0 Å². The first-order valence-electron chi connectivity index (χ1n) is 4.59. The molecule has 1 heterocycles. The molecule has 6 nitrogen and oxygen atoms in total. The topological polar surface area (TPSA) is 87.1 Å². The number of nitrogens with zero attached hydrogens (tertiary/aromatic N) is 1. The summed E-state index contributed by atoms with van der Waals surface area (Å²) in [5.41, 5.74) is 0. The Morgan fingerprint density at radius 1 is 1.25 bits per heavy atom. The molecule has 0 spiro atoms. The molecule has 0 atom stereocenters. The minimum Gasteiger partial charge on any atom is -0.393 e. The van der Waals surface area contributed by atoms with E-state index >= 15 is 0 Å². The number of hydrogen-bond donors (Lipinski definition) is 2. The molecule has 1 saturated heterocycles. The molecule has 2 amide bonds. The molecule has 1 aliphatic carbocycles. The maximum Gasteiger partial charge on any atom is 0.256 e. The largest absolute Gasteiger partial charge is 0.393 e. The summed E-state index contributed by atoms with van der Waals surface area (Å²) in [6, 6.07) is 0. The number of rotatable bonds is 1. The summed E-state index contributed by atoms with van der Waals surface area (Å²) in [7, 11) is 0. The van der Waals surface area contributed by atoms with Gasteiger partial charge >= 0.3 is 0 Å². The van der Waals surface area contributed by atoms with Crippen LogP contribution in [0.5, 0.6) is 0 Å². The Hall–Kier alpha value is -1.12. The molecular formula is C8H11F2NO5. The predicted molar refractivity (Wildman–Crippen MR) is 45.0 cm³/mol.